The van der Waals surface area contributed by atoms with Crippen LogP contribution in [0.5, 0.6) is 0 Å². The van der Waals surface area contributed by atoms with Crippen molar-refractivity contribution in [3.63, 3.8) is 0 Å². The molecule has 0 aliphatic rings. The van der Waals surface area contributed by atoms with E-state index in [0.29, 0.717) is 6.42 Å². The molecule has 0 fully saturated rings. The Hall–Kier alpha value is -1.40. The van der Waals surface area contributed by atoms with E-state index >= 15 is 0 Å². The first-order chi connectivity index (χ1) is 5.92. The molecule has 0 unspecified atom stereocenters. The van der Waals surface area contributed by atoms with Crippen LogP contribution in [-0.4, -0.2) is 4.37 Å². The van der Waals surface area contributed by atoms with E-state index in [4.69, 9.17) is 5.26 Å². The summed E-state index contributed by atoms with van der Waals surface area (Å²) in [6.07, 6.45) is 0.407. The van der Waals surface area contributed by atoms with Crippen LogP contribution in [0.15, 0.2) is 24.3 Å². The topological polar surface area (TPSA) is 36.7 Å². The highest BCUT2D eigenvalue weighted by atomic mass is 32.1. The van der Waals surface area contributed by atoms with E-state index in [0.717, 1.165) is 15.8 Å². The van der Waals surface area contributed by atoms with E-state index in [1.165, 1.54) is 11.5 Å². The molecule has 1 heterocycles. The van der Waals surface area contributed by atoms with Gasteiger partial charge in [0, 0.05) is 5.39 Å². The number of hydrogen-bond donors (Lipinski definition) is 0. The minimum Gasteiger partial charge on any atom is -0.198 e. The van der Waals surface area contributed by atoms with Crippen LogP contribution in [0, 0.1) is 11.3 Å². The van der Waals surface area contributed by atoms with Crippen LogP contribution in [0.2, 0.25) is 0 Å². The molecule has 1 aromatic heterocycles. The van der Waals surface area contributed by atoms with Gasteiger partial charge in [0.2, 0.25) is 0 Å². The zero-order valence-electron chi connectivity index (χ0n) is 6.32. The second kappa shape index (κ2) is 2.92. The van der Waals surface area contributed by atoms with Gasteiger partial charge in [-0.1, -0.05) is 18.2 Å². The van der Waals surface area contributed by atoms with Crippen LogP contribution in [0.1, 0.15) is 5.69 Å². The molecule has 0 saturated carbocycles. The maximum Gasteiger partial charge on any atom is 0.0791 e. The average Bonchev–Trinajstić information content (AvgIpc) is 2.50. The average molecular weight is 174 g/mol. The highest BCUT2D eigenvalue weighted by Gasteiger charge is 2.02. The zero-order chi connectivity index (χ0) is 8.39. The van der Waals surface area contributed by atoms with Crippen molar-refractivity contribution in [1.29, 1.82) is 5.26 Å². The summed E-state index contributed by atoms with van der Waals surface area (Å²) in [6, 6.07) is 10.1. The molecule has 0 amide bonds. The highest BCUT2D eigenvalue weighted by molar-refractivity contribution is 7.13. The van der Waals surface area contributed by atoms with Crippen molar-refractivity contribution in [2.24, 2.45) is 0 Å². The summed E-state index contributed by atoms with van der Waals surface area (Å²) in [4.78, 5) is 0. The summed E-state index contributed by atoms with van der Waals surface area (Å²) in [5.74, 6) is 0. The Labute approximate surface area is 74.2 Å². The molecular formula is C9H6N2S. The van der Waals surface area contributed by atoms with E-state index in [2.05, 4.69) is 10.4 Å². The predicted octanol–water partition coefficient (Wildman–Crippen LogP) is 2.36. The molecule has 0 bridgehead atoms. The molecule has 0 spiro atoms. The number of benzene rings is 1. The van der Waals surface area contributed by atoms with E-state index < -0.39 is 0 Å². The largest absolute Gasteiger partial charge is 0.198 e. The molecule has 12 heavy (non-hydrogen) atoms. The van der Waals surface area contributed by atoms with Gasteiger partial charge < -0.3 is 0 Å². The molecule has 2 nitrogen and oxygen atoms in total. The quantitative estimate of drug-likeness (QED) is 0.665. The summed E-state index contributed by atoms with van der Waals surface area (Å²) < 4.78 is 5.36. The second-order valence-corrected chi connectivity index (χ2v) is 3.27. The van der Waals surface area contributed by atoms with Gasteiger partial charge in [-0.25, -0.2) is 0 Å². The third-order valence-corrected chi connectivity index (χ3v) is 2.56. The van der Waals surface area contributed by atoms with Gasteiger partial charge in [-0.3, -0.25) is 0 Å². The van der Waals surface area contributed by atoms with Crippen molar-refractivity contribution in [2.75, 3.05) is 0 Å². The van der Waals surface area contributed by atoms with Crippen molar-refractivity contribution >= 4 is 21.6 Å². The third kappa shape index (κ3) is 1.06. The van der Waals surface area contributed by atoms with E-state index in [-0.39, 0.29) is 0 Å². The monoisotopic (exact) mass is 174 g/mol. The molecule has 0 atom stereocenters. The molecule has 1 aromatic carbocycles. The molecule has 0 N–H and O–H groups in total. The molecule has 0 radical (unpaired) electrons. The molecule has 0 saturated heterocycles. The van der Waals surface area contributed by atoms with Crippen molar-refractivity contribution in [3.8, 4) is 6.07 Å². The minimum absolute atomic E-state index is 0.407. The summed E-state index contributed by atoms with van der Waals surface area (Å²) in [5.41, 5.74) is 0.901. The third-order valence-electron chi connectivity index (χ3n) is 1.70. The van der Waals surface area contributed by atoms with Crippen LogP contribution >= 0.6 is 11.5 Å². The fraction of sp³-hybridized carbons (Fsp3) is 0.111. The lowest BCUT2D eigenvalue weighted by Gasteiger charge is -1.87. The maximum absolute atomic E-state index is 8.51. The van der Waals surface area contributed by atoms with Crippen molar-refractivity contribution in [1.82, 2.24) is 4.37 Å². The van der Waals surface area contributed by atoms with Crippen molar-refractivity contribution in [2.45, 2.75) is 6.42 Å². The number of nitriles is 1. The molecule has 0 aliphatic heterocycles. The Kier molecular flexibility index (Phi) is 1.77. The predicted molar refractivity (Wildman–Crippen MR) is 48.9 cm³/mol. The van der Waals surface area contributed by atoms with Gasteiger partial charge in [0.25, 0.3) is 0 Å². The zero-order valence-corrected chi connectivity index (χ0v) is 7.14. The van der Waals surface area contributed by atoms with Gasteiger partial charge in [-0.2, -0.15) is 9.64 Å². The van der Waals surface area contributed by atoms with Gasteiger partial charge in [-0.05, 0) is 17.6 Å². The lowest BCUT2D eigenvalue weighted by Crippen LogP contribution is -1.79. The minimum atomic E-state index is 0.407. The molecule has 2 rings (SSSR count). The van der Waals surface area contributed by atoms with Crippen LogP contribution in [-0.2, 0) is 6.42 Å². The van der Waals surface area contributed by atoms with Crippen LogP contribution in [0.4, 0.5) is 0 Å². The second-order valence-electron chi connectivity index (χ2n) is 2.46. The SMILES string of the molecule is N#CCc1nsc2ccccc12. The van der Waals surface area contributed by atoms with Crippen molar-refractivity contribution in [3.05, 3.63) is 30.0 Å². The molecule has 2 aromatic rings. The standard InChI is InChI=1S/C9H6N2S/c10-6-5-8-7-3-1-2-4-9(7)12-11-8/h1-4H,5H2. The Morgan fingerprint density at radius 2 is 2.25 bits per heavy atom. The summed E-state index contributed by atoms with van der Waals surface area (Å²) in [5, 5.41) is 9.63. The van der Waals surface area contributed by atoms with Crippen LogP contribution in [0.3, 0.4) is 0 Å². The van der Waals surface area contributed by atoms with Gasteiger partial charge in [0.15, 0.2) is 0 Å². The van der Waals surface area contributed by atoms with Crippen LogP contribution in [0.25, 0.3) is 10.1 Å². The smallest absolute Gasteiger partial charge is 0.0791 e. The number of aromatic nitrogens is 1. The fourth-order valence-electron chi connectivity index (χ4n) is 1.14. The first-order valence-corrected chi connectivity index (χ1v) is 4.39. The van der Waals surface area contributed by atoms with E-state index in [1.54, 1.807) is 0 Å². The fourth-order valence-corrected chi connectivity index (χ4v) is 1.94. The Morgan fingerprint density at radius 1 is 1.42 bits per heavy atom. The van der Waals surface area contributed by atoms with Gasteiger partial charge in [0.1, 0.15) is 0 Å². The lowest BCUT2D eigenvalue weighted by atomic mass is 10.2. The first-order valence-electron chi connectivity index (χ1n) is 3.62. The van der Waals surface area contributed by atoms with Gasteiger partial charge >= 0.3 is 0 Å². The number of rotatable bonds is 1. The number of nitrogens with zero attached hydrogens (tertiary/aromatic N) is 2. The highest BCUT2D eigenvalue weighted by Crippen LogP contribution is 2.21. The lowest BCUT2D eigenvalue weighted by molar-refractivity contribution is 1.21. The summed E-state index contributed by atoms with van der Waals surface area (Å²) >= 11 is 1.45. The molecule has 58 valence electrons. The Morgan fingerprint density at radius 3 is 3.08 bits per heavy atom. The Balaban J connectivity index is 2.64. The maximum atomic E-state index is 8.51. The normalized spacial score (nSPS) is 9.92. The molecular weight excluding hydrogens is 168 g/mol. The summed E-state index contributed by atoms with van der Waals surface area (Å²) in [7, 11) is 0. The van der Waals surface area contributed by atoms with Gasteiger partial charge in [-0.15, -0.1) is 0 Å². The Bertz CT molecular complexity index is 439. The van der Waals surface area contributed by atoms with Crippen molar-refractivity contribution < 1.29 is 0 Å². The van der Waals surface area contributed by atoms with Gasteiger partial charge in [0.05, 0.1) is 22.9 Å². The van der Waals surface area contributed by atoms with E-state index in [1.807, 2.05) is 24.3 Å². The first kappa shape index (κ1) is 7.26. The van der Waals surface area contributed by atoms with E-state index in [9.17, 15) is 0 Å². The number of fused-ring (bicyclic) bond motifs is 1. The molecule has 0 aliphatic carbocycles. The van der Waals surface area contributed by atoms with Crippen LogP contribution < -0.4 is 0 Å². The molecule has 3 heteroatoms. The summed E-state index contributed by atoms with van der Waals surface area (Å²) in [6.45, 7) is 0. The number of hydrogen-bond acceptors (Lipinski definition) is 3.